The molecule has 0 unspecified atom stereocenters. The Morgan fingerprint density at radius 3 is 2.63 bits per heavy atom. The summed E-state index contributed by atoms with van der Waals surface area (Å²) in [6.45, 7) is 8.67. The standard InChI is InChI=1S/C15H24N2O2/c1-4-7-16-8-9-17-15(18)11-19-14-6-5-12(2)13(3)10-14/h5-6,10,16H,4,7-9,11H2,1-3H3,(H,17,18). The minimum absolute atomic E-state index is 0.0658. The van der Waals surface area contributed by atoms with E-state index < -0.39 is 0 Å². The number of amides is 1. The highest BCUT2D eigenvalue weighted by molar-refractivity contribution is 5.77. The van der Waals surface area contributed by atoms with Crippen LogP contribution in [0.4, 0.5) is 0 Å². The molecule has 0 aliphatic carbocycles. The minimum Gasteiger partial charge on any atom is -0.484 e. The molecule has 0 atom stereocenters. The topological polar surface area (TPSA) is 50.4 Å². The van der Waals surface area contributed by atoms with E-state index in [0.717, 1.165) is 25.3 Å². The molecule has 1 aromatic rings. The summed E-state index contributed by atoms with van der Waals surface area (Å²) < 4.78 is 5.45. The average molecular weight is 264 g/mol. The van der Waals surface area contributed by atoms with Gasteiger partial charge in [0.2, 0.25) is 0 Å². The number of rotatable bonds is 8. The van der Waals surface area contributed by atoms with Gasteiger partial charge in [0.15, 0.2) is 6.61 Å². The normalized spacial score (nSPS) is 10.3. The zero-order chi connectivity index (χ0) is 14.1. The lowest BCUT2D eigenvalue weighted by molar-refractivity contribution is -0.123. The van der Waals surface area contributed by atoms with Gasteiger partial charge in [-0.1, -0.05) is 13.0 Å². The van der Waals surface area contributed by atoms with E-state index in [4.69, 9.17) is 4.74 Å². The first-order valence-electron chi connectivity index (χ1n) is 6.81. The Morgan fingerprint density at radius 2 is 1.95 bits per heavy atom. The van der Waals surface area contributed by atoms with Crippen molar-refractivity contribution in [3.05, 3.63) is 29.3 Å². The van der Waals surface area contributed by atoms with Crippen molar-refractivity contribution in [2.75, 3.05) is 26.2 Å². The number of benzene rings is 1. The van der Waals surface area contributed by atoms with Crippen LogP contribution in [0.2, 0.25) is 0 Å². The first-order chi connectivity index (χ1) is 9.13. The van der Waals surface area contributed by atoms with Crippen molar-refractivity contribution >= 4 is 5.91 Å². The zero-order valence-electron chi connectivity index (χ0n) is 12.1. The van der Waals surface area contributed by atoms with Crippen LogP contribution < -0.4 is 15.4 Å². The summed E-state index contributed by atoms with van der Waals surface area (Å²) in [7, 11) is 0. The largest absolute Gasteiger partial charge is 0.484 e. The smallest absolute Gasteiger partial charge is 0.257 e. The van der Waals surface area contributed by atoms with Gasteiger partial charge in [-0.15, -0.1) is 0 Å². The number of carbonyl (C=O) groups is 1. The molecule has 0 radical (unpaired) electrons. The van der Waals surface area contributed by atoms with Gasteiger partial charge in [0.1, 0.15) is 5.75 Å². The monoisotopic (exact) mass is 264 g/mol. The maximum atomic E-state index is 11.5. The van der Waals surface area contributed by atoms with Crippen LogP contribution in [0.5, 0.6) is 5.75 Å². The Bertz CT molecular complexity index is 405. The molecular weight excluding hydrogens is 240 g/mol. The SMILES string of the molecule is CCCNCCNC(=O)COc1ccc(C)c(C)c1. The Hall–Kier alpha value is -1.55. The van der Waals surface area contributed by atoms with E-state index in [2.05, 4.69) is 24.5 Å². The maximum absolute atomic E-state index is 11.5. The van der Waals surface area contributed by atoms with E-state index in [0.29, 0.717) is 6.54 Å². The highest BCUT2D eigenvalue weighted by Crippen LogP contribution is 2.16. The van der Waals surface area contributed by atoms with Gasteiger partial charge in [0.25, 0.3) is 5.91 Å². The summed E-state index contributed by atoms with van der Waals surface area (Å²) in [5.74, 6) is 0.652. The van der Waals surface area contributed by atoms with E-state index in [1.54, 1.807) is 0 Å². The predicted molar refractivity (Wildman–Crippen MR) is 77.6 cm³/mol. The van der Waals surface area contributed by atoms with Crippen molar-refractivity contribution in [1.29, 1.82) is 0 Å². The molecule has 1 aromatic carbocycles. The third kappa shape index (κ3) is 6.25. The van der Waals surface area contributed by atoms with E-state index in [1.165, 1.54) is 11.1 Å². The summed E-state index contributed by atoms with van der Waals surface area (Å²) in [5, 5.41) is 6.03. The molecular formula is C15H24N2O2. The summed E-state index contributed by atoms with van der Waals surface area (Å²) >= 11 is 0. The lowest BCUT2D eigenvalue weighted by Gasteiger charge is -2.09. The second kappa shape index (κ2) is 8.53. The highest BCUT2D eigenvalue weighted by atomic mass is 16.5. The molecule has 0 saturated carbocycles. The first kappa shape index (κ1) is 15.5. The second-order valence-electron chi connectivity index (χ2n) is 4.63. The molecule has 0 heterocycles. The van der Waals surface area contributed by atoms with Crippen molar-refractivity contribution in [3.63, 3.8) is 0 Å². The van der Waals surface area contributed by atoms with Gasteiger partial charge in [0.05, 0.1) is 0 Å². The fraction of sp³-hybridized carbons (Fsp3) is 0.533. The van der Waals surface area contributed by atoms with Gasteiger partial charge in [-0.2, -0.15) is 0 Å². The van der Waals surface area contributed by atoms with Crippen LogP contribution in [0.3, 0.4) is 0 Å². The minimum atomic E-state index is -0.0865. The number of ether oxygens (including phenoxy) is 1. The summed E-state index contributed by atoms with van der Waals surface area (Å²) in [4.78, 5) is 11.5. The molecule has 1 rings (SSSR count). The Labute approximate surface area is 115 Å². The van der Waals surface area contributed by atoms with Crippen LogP contribution in [0, 0.1) is 13.8 Å². The summed E-state index contributed by atoms with van der Waals surface area (Å²) in [6, 6.07) is 5.83. The van der Waals surface area contributed by atoms with Crippen molar-refractivity contribution in [2.45, 2.75) is 27.2 Å². The first-order valence-corrected chi connectivity index (χ1v) is 6.81. The molecule has 0 saturated heterocycles. The molecule has 0 aromatic heterocycles. The zero-order valence-corrected chi connectivity index (χ0v) is 12.1. The maximum Gasteiger partial charge on any atom is 0.257 e. The van der Waals surface area contributed by atoms with Crippen LogP contribution in [0.1, 0.15) is 24.5 Å². The number of hydrogen-bond acceptors (Lipinski definition) is 3. The number of hydrogen-bond donors (Lipinski definition) is 2. The van der Waals surface area contributed by atoms with E-state index in [9.17, 15) is 4.79 Å². The Kier molecular flexibility index (Phi) is 6.97. The molecule has 2 N–H and O–H groups in total. The average Bonchev–Trinajstić information content (AvgIpc) is 2.40. The molecule has 106 valence electrons. The molecule has 0 spiro atoms. The molecule has 0 aliphatic heterocycles. The predicted octanol–water partition coefficient (Wildman–Crippen LogP) is 1.80. The molecule has 19 heavy (non-hydrogen) atoms. The van der Waals surface area contributed by atoms with E-state index in [-0.39, 0.29) is 12.5 Å². The Balaban J connectivity index is 2.20. The second-order valence-corrected chi connectivity index (χ2v) is 4.63. The Morgan fingerprint density at radius 1 is 1.16 bits per heavy atom. The number of aryl methyl sites for hydroxylation is 2. The lowest BCUT2D eigenvalue weighted by atomic mass is 10.1. The molecule has 4 nitrogen and oxygen atoms in total. The third-order valence-corrected chi connectivity index (χ3v) is 2.90. The van der Waals surface area contributed by atoms with Crippen molar-refractivity contribution in [3.8, 4) is 5.75 Å². The van der Waals surface area contributed by atoms with Gasteiger partial charge in [0, 0.05) is 13.1 Å². The quantitative estimate of drug-likeness (QED) is 0.704. The van der Waals surface area contributed by atoms with Crippen LogP contribution in [0.15, 0.2) is 18.2 Å². The van der Waals surface area contributed by atoms with Crippen LogP contribution in [-0.2, 0) is 4.79 Å². The number of carbonyl (C=O) groups excluding carboxylic acids is 1. The number of nitrogens with one attached hydrogen (secondary N) is 2. The van der Waals surface area contributed by atoms with Gasteiger partial charge in [-0.25, -0.2) is 0 Å². The van der Waals surface area contributed by atoms with Crippen molar-refractivity contribution in [2.24, 2.45) is 0 Å². The van der Waals surface area contributed by atoms with Crippen LogP contribution >= 0.6 is 0 Å². The van der Waals surface area contributed by atoms with Crippen LogP contribution in [0.25, 0.3) is 0 Å². The summed E-state index contributed by atoms with van der Waals surface area (Å²) in [5.41, 5.74) is 2.39. The van der Waals surface area contributed by atoms with Gasteiger partial charge in [-0.3, -0.25) is 4.79 Å². The molecule has 0 fully saturated rings. The van der Waals surface area contributed by atoms with Gasteiger partial charge in [-0.05, 0) is 50.1 Å². The molecule has 4 heteroatoms. The van der Waals surface area contributed by atoms with Crippen molar-refractivity contribution < 1.29 is 9.53 Å². The molecule has 1 amide bonds. The van der Waals surface area contributed by atoms with E-state index in [1.807, 2.05) is 25.1 Å². The summed E-state index contributed by atoms with van der Waals surface area (Å²) in [6.07, 6.45) is 1.10. The van der Waals surface area contributed by atoms with Crippen molar-refractivity contribution in [1.82, 2.24) is 10.6 Å². The lowest BCUT2D eigenvalue weighted by Crippen LogP contribution is -2.35. The molecule has 0 aliphatic rings. The van der Waals surface area contributed by atoms with E-state index >= 15 is 0 Å². The van der Waals surface area contributed by atoms with Gasteiger partial charge >= 0.3 is 0 Å². The van der Waals surface area contributed by atoms with Gasteiger partial charge < -0.3 is 15.4 Å². The third-order valence-electron chi connectivity index (χ3n) is 2.90. The molecule has 0 bridgehead atoms. The fourth-order valence-electron chi connectivity index (χ4n) is 1.60. The van der Waals surface area contributed by atoms with Crippen LogP contribution in [-0.4, -0.2) is 32.1 Å². The fourth-order valence-corrected chi connectivity index (χ4v) is 1.60. The highest BCUT2D eigenvalue weighted by Gasteiger charge is 2.02.